The van der Waals surface area contributed by atoms with Gasteiger partial charge in [0.25, 0.3) is 0 Å². The summed E-state index contributed by atoms with van der Waals surface area (Å²) in [5.41, 5.74) is 1.55. The number of allylic oxidation sites excluding steroid dienone is 1. The first-order chi connectivity index (χ1) is 11.8. The Morgan fingerprint density at radius 2 is 1.88 bits per heavy atom. The number of ether oxygens (including phenoxy) is 1. The number of aliphatic hydroxyl groups excluding tert-OH is 2. The van der Waals surface area contributed by atoms with E-state index in [2.05, 4.69) is 63.3 Å². The van der Waals surface area contributed by atoms with Gasteiger partial charge < -0.3 is 14.9 Å². The van der Waals surface area contributed by atoms with E-state index in [1.165, 1.54) is 5.56 Å². The van der Waals surface area contributed by atoms with Crippen molar-refractivity contribution >= 4 is 0 Å². The summed E-state index contributed by atoms with van der Waals surface area (Å²) >= 11 is 0. The highest BCUT2D eigenvalue weighted by Gasteiger charge is 2.47. The van der Waals surface area contributed by atoms with E-state index in [0.29, 0.717) is 18.8 Å². The molecule has 1 aliphatic carbocycles. The minimum Gasteiger partial charge on any atom is -0.392 e. The van der Waals surface area contributed by atoms with Gasteiger partial charge in [-0.25, -0.2) is 0 Å². The van der Waals surface area contributed by atoms with Crippen molar-refractivity contribution in [1.82, 2.24) is 0 Å². The van der Waals surface area contributed by atoms with Crippen LogP contribution in [0.5, 0.6) is 0 Å². The summed E-state index contributed by atoms with van der Waals surface area (Å²) in [6, 6.07) is 10.6. The minimum absolute atomic E-state index is 0.0112. The number of hydrogen-bond acceptors (Lipinski definition) is 3. The molecule has 1 aromatic rings. The van der Waals surface area contributed by atoms with E-state index in [4.69, 9.17) is 4.74 Å². The van der Waals surface area contributed by atoms with Gasteiger partial charge in [-0.2, -0.15) is 0 Å². The lowest BCUT2D eigenvalue weighted by atomic mass is 9.76. The van der Waals surface area contributed by atoms with Crippen molar-refractivity contribution in [3.8, 4) is 0 Å². The Balaban J connectivity index is 1.66. The van der Waals surface area contributed by atoms with Crippen molar-refractivity contribution in [2.24, 2.45) is 23.2 Å². The van der Waals surface area contributed by atoms with Crippen molar-refractivity contribution in [3.63, 3.8) is 0 Å². The van der Waals surface area contributed by atoms with Crippen LogP contribution in [-0.4, -0.2) is 28.7 Å². The first kappa shape index (κ1) is 18.6. The van der Waals surface area contributed by atoms with Gasteiger partial charge in [0.2, 0.25) is 0 Å². The molecule has 1 aromatic carbocycles. The molecular weight excluding hydrogens is 312 g/mol. The van der Waals surface area contributed by atoms with Crippen LogP contribution < -0.4 is 0 Å². The Morgan fingerprint density at radius 3 is 2.56 bits per heavy atom. The summed E-state index contributed by atoms with van der Waals surface area (Å²) in [5.74, 6) is 0.797. The Bertz CT molecular complexity index is 575. The highest BCUT2D eigenvalue weighted by Crippen LogP contribution is 2.44. The number of benzene rings is 1. The van der Waals surface area contributed by atoms with E-state index in [9.17, 15) is 10.2 Å². The van der Waals surface area contributed by atoms with Gasteiger partial charge in [0.05, 0.1) is 12.2 Å². The lowest BCUT2D eigenvalue weighted by Crippen LogP contribution is -2.22. The summed E-state index contributed by atoms with van der Waals surface area (Å²) in [6.07, 6.45) is 6.96. The highest BCUT2D eigenvalue weighted by atomic mass is 16.6. The van der Waals surface area contributed by atoms with Crippen molar-refractivity contribution in [2.45, 2.75) is 65.0 Å². The van der Waals surface area contributed by atoms with Crippen LogP contribution in [0.4, 0.5) is 0 Å². The van der Waals surface area contributed by atoms with E-state index >= 15 is 0 Å². The van der Waals surface area contributed by atoms with E-state index in [1.807, 2.05) is 0 Å². The van der Waals surface area contributed by atoms with E-state index < -0.39 is 6.29 Å². The number of aryl methyl sites for hydroxylation is 1. The number of aliphatic hydroxyl groups is 2. The zero-order valence-corrected chi connectivity index (χ0v) is 15.6. The maximum absolute atomic E-state index is 10.4. The molecule has 0 aromatic heterocycles. The monoisotopic (exact) mass is 344 g/mol. The summed E-state index contributed by atoms with van der Waals surface area (Å²) in [5, 5.41) is 20.1. The quantitative estimate of drug-likeness (QED) is 0.796. The van der Waals surface area contributed by atoms with E-state index in [1.54, 1.807) is 0 Å². The smallest absolute Gasteiger partial charge is 0.155 e. The molecule has 1 heterocycles. The minimum atomic E-state index is -0.658. The molecule has 1 saturated heterocycles. The molecule has 0 spiro atoms. The van der Waals surface area contributed by atoms with Gasteiger partial charge in [-0.15, -0.1) is 0 Å². The first-order valence-electron chi connectivity index (χ1n) is 9.58. The molecule has 0 bridgehead atoms. The Kier molecular flexibility index (Phi) is 5.67. The molecule has 1 unspecified atom stereocenters. The average Bonchev–Trinajstić information content (AvgIpc) is 3.03. The SMILES string of the molecule is CC(C)(C)[C@@H](C=C[C@@H]1[C@H]2CC(O)O[C@H]2C[C@H]1O)CCc1ccccc1. The fraction of sp³-hybridized carbons (Fsp3) is 0.636. The molecule has 1 saturated carbocycles. The highest BCUT2D eigenvalue weighted by molar-refractivity contribution is 5.15. The Hall–Kier alpha value is -1.16. The van der Waals surface area contributed by atoms with Gasteiger partial charge in [-0.1, -0.05) is 63.3 Å². The molecule has 3 heteroatoms. The van der Waals surface area contributed by atoms with Gasteiger partial charge in [0.15, 0.2) is 6.29 Å². The predicted molar refractivity (Wildman–Crippen MR) is 99.9 cm³/mol. The van der Waals surface area contributed by atoms with Crippen LogP contribution in [0, 0.1) is 23.2 Å². The molecule has 0 amide bonds. The molecule has 138 valence electrons. The standard InChI is InChI=1S/C22H32O3/c1-22(2,3)16(10-9-15-7-5-4-6-8-15)11-12-17-18-13-21(24)25-20(18)14-19(17)23/h4-8,11-12,16-21,23-24H,9-10,13-14H2,1-3H3/t16-,17-,18-,19-,20+,21?/m1/s1. The summed E-state index contributed by atoms with van der Waals surface area (Å²) in [6.45, 7) is 6.84. The summed E-state index contributed by atoms with van der Waals surface area (Å²) in [7, 11) is 0. The largest absolute Gasteiger partial charge is 0.392 e. The van der Waals surface area contributed by atoms with Crippen LogP contribution in [0.1, 0.15) is 45.6 Å². The molecule has 25 heavy (non-hydrogen) atoms. The molecule has 2 aliphatic rings. The molecule has 3 rings (SSSR count). The zero-order valence-electron chi connectivity index (χ0n) is 15.6. The third kappa shape index (κ3) is 4.52. The fourth-order valence-electron chi connectivity index (χ4n) is 4.38. The maximum Gasteiger partial charge on any atom is 0.155 e. The van der Waals surface area contributed by atoms with Crippen molar-refractivity contribution in [1.29, 1.82) is 0 Å². The second-order valence-corrected chi connectivity index (χ2v) is 8.79. The van der Waals surface area contributed by atoms with Crippen LogP contribution >= 0.6 is 0 Å². The number of rotatable bonds is 5. The maximum atomic E-state index is 10.4. The van der Waals surface area contributed by atoms with Crippen LogP contribution in [0.3, 0.4) is 0 Å². The number of fused-ring (bicyclic) bond motifs is 1. The Morgan fingerprint density at radius 1 is 1.16 bits per heavy atom. The van der Waals surface area contributed by atoms with E-state index in [-0.39, 0.29) is 29.5 Å². The third-order valence-corrected chi connectivity index (χ3v) is 5.96. The van der Waals surface area contributed by atoms with Crippen molar-refractivity contribution in [3.05, 3.63) is 48.0 Å². The molecule has 0 radical (unpaired) electrons. The van der Waals surface area contributed by atoms with Gasteiger partial charge in [-0.3, -0.25) is 0 Å². The average molecular weight is 344 g/mol. The van der Waals surface area contributed by atoms with Crippen LogP contribution in [0.15, 0.2) is 42.5 Å². The lowest BCUT2D eigenvalue weighted by Gasteiger charge is -2.29. The number of hydrogen-bond donors (Lipinski definition) is 2. The summed E-state index contributed by atoms with van der Waals surface area (Å²) < 4.78 is 5.53. The fourth-order valence-corrected chi connectivity index (χ4v) is 4.38. The van der Waals surface area contributed by atoms with Gasteiger partial charge >= 0.3 is 0 Å². The third-order valence-electron chi connectivity index (χ3n) is 5.96. The second kappa shape index (κ2) is 7.61. The van der Waals surface area contributed by atoms with Crippen molar-refractivity contribution in [2.75, 3.05) is 0 Å². The molecule has 3 nitrogen and oxygen atoms in total. The topological polar surface area (TPSA) is 49.7 Å². The summed E-state index contributed by atoms with van der Waals surface area (Å²) in [4.78, 5) is 0. The lowest BCUT2D eigenvalue weighted by molar-refractivity contribution is -0.0949. The molecule has 2 N–H and O–H groups in total. The van der Waals surface area contributed by atoms with Crippen LogP contribution in [-0.2, 0) is 11.2 Å². The Labute approximate surface area is 151 Å². The second-order valence-electron chi connectivity index (χ2n) is 8.79. The predicted octanol–water partition coefficient (Wildman–Crippen LogP) is 3.94. The first-order valence-corrected chi connectivity index (χ1v) is 9.58. The molecule has 1 aliphatic heterocycles. The van der Waals surface area contributed by atoms with Crippen molar-refractivity contribution < 1.29 is 14.9 Å². The van der Waals surface area contributed by atoms with Crippen LogP contribution in [0.2, 0.25) is 0 Å². The molecule has 6 atom stereocenters. The zero-order chi connectivity index (χ0) is 18.0. The van der Waals surface area contributed by atoms with Gasteiger partial charge in [-0.05, 0) is 35.7 Å². The van der Waals surface area contributed by atoms with E-state index in [0.717, 1.165) is 12.8 Å². The normalized spacial score (nSPS) is 33.7. The van der Waals surface area contributed by atoms with Crippen LogP contribution in [0.25, 0.3) is 0 Å². The van der Waals surface area contributed by atoms with Gasteiger partial charge in [0, 0.05) is 18.8 Å². The molecule has 2 fully saturated rings. The van der Waals surface area contributed by atoms with Gasteiger partial charge in [0.1, 0.15) is 0 Å². The molecular formula is C22H32O3.